The highest BCUT2D eigenvalue weighted by Gasteiger charge is 2.38. The lowest BCUT2D eigenvalue weighted by Gasteiger charge is -2.37. The van der Waals surface area contributed by atoms with Crippen LogP contribution in [0.1, 0.15) is 19.4 Å². The van der Waals surface area contributed by atoms with E-state index in [0.29, 0.717) is 17.2 Å². The Morgan fingerprint density at radius 1 is 1.23 bits per heavy atom. The van der Waals surface area contributed by atoms with E-state index in [2.05, 4.69) is 4.98 Å². The van der Waals surface area contributed by atoms with E-state index in [4.69, 9.17) is 14.7 Å². The maximum Gasteiger partial charge on any atom is 0.243 e. The summed E-state index contributed by atoms with van der Waals surface area (Å²) in [7, 11) is -3.56. The highest BCUT2D eigenvalue weighted by atomic mass is 32.2. The summed E-state index contributed by atoms with van der Waals surface area (Å²) in [5.41, 5.74) is 0.447. The van der Waals surface area contributed by atoms with Crippen molar-refractivity contribution in [1.82, 2.24) is 9.29 Å². The molecule has 0 spiro atoms. The molecular formula is C18H19N3O4S. The fraction of sp³-hybridized carbons (Fsp3) is 0.333. The number of pyridine rings is 1. The van der Waals surface area contributed by atoms with Crippen LogP contribution in [0.2, 0.25) is 0 Å². The van der Waals surface area contributed by atoms with E-state index in [1.807, 2.05) is 19.9 Å². The monoisotopic (exact) mass is 373 g/mol. The fourth-order valence-corrected chi connectivity index (χ4v) is 4.00. The van der Waals surface area contributed by atoms with Gasteiger partial charge in [-0.3, -0.25) is 0 Å². The van der Waals surface area contributed by atoms with Crippen LogP contribution in [-0.4, -0.2) is 43.0 Å². The Hall–Kier alpha value is -2.63. The molecule has 8 heteroatoms. The van der Waals surface area contributed by atoms with Crippen LogP contribution in [0.4, 0.5) is 0 Å². The minimum Gasteiger partial charge on any atom is -0.491 e. The first-order chi connectivity index (χ1) is 12.4. The Kier molecular flexibility index (Phi) is 5.11. The third-order valence-electron chi connectivity index (χ3n) is 3.80. The van der Waals surface area contributed by atoms with Crippen LogP contribution in [0.25, 0.3) is 0 Å². The molecule has 2 heterocycles. The van der Waals surface area contributed by atoms with Crippen LogP contribution in [0.5, 0.6) is 11.6 Å². The Balaban J connectivity index is 1.61. The molecule has 1 aliphatic rings. The first kappa shape index (κ1) is 18.2. The summed E-state index contributed by atoms with van der Waals surface area (Å²) in [4.78, 5) is 4.25. The molecule has 1 aromatic heterocycles. The third-order valence-corrected chi connectivity index (χ3v) is 5.65. The van der Waals surface area contributed by atoms with Gasteiger partial charge in [-0.1, -0.05) is 0 Å². The number of ether oxygens (including phenoxy) is 2. The van der Waals surface area contributed by atoms with Gasteiger partial charge in [0.1, 0.15) is 11.9 Å². The van der Waals surface area contributed by atoms with E-state index < -0.39 is 10.0 Å². The maximum absolute atomic E-state index is 12.6. The van der Waals surface area contributed by atoms with Crippen molar-refractivity contribution in [2.75, 3.05) is 13.1 Å². The number of nitrogens with zero attached hydrogens (tertiary/aromatic N) is 3. The van der Waals surface area contributed by atoms with Gasteiger partial charge in [-0.15, -0.1) is 0 Å². The van der Waals surface area contributed by atoms with Crippen molar-refractivity contribution < 1.29 is 17.9 Å². The molecule has 3 rings (SSSR count). The number of nitriles is 1. The van der Waals surface area contributed by atoms with Gasteiger partial charge in [0.05, 0.1) is 35.7 Å². The molecule has 0 unspecified atom stereocenters. The van der Waals surface area contributed by atoms with Crippen molar-refractivity contribution in [3.63, 3.8) is 0 Å². The second-order valence-electron chi connectivity index (χ2n) is 6.19. The highest BCUT2D eigenvalue weighted by molar-refractivity contribution is 7.89. The first-order valence-electron chi connectivity index (χ1n) is 8.18. The topological polar surface area (TPSA) is 92.5 Å². The first-order valence-corrected chi connectivity index (χ1v) is 9.62. The van der Waals surface area contributed by atoms with E-state index in [1.54, 1.807) is 30.3 Å². The van der Waals surface area contributed by atoms with Gasteiger partial charge in [-0.2, -0.15) is 9.57 Å². The summed E-state index contributed by atoms with van der Waals surface area (Å²) in [5, 5.41) is 8.88. The minimum atomic E-state index is -3.56. The molecule has 1 aromatic carbocycles. The van der Waals surface area contributed by atoms with Gasteiger partial charge in [-0.05, 0) is 44.2 Å². The van der Waals surface area contributed by atoms with Crippen LogP contribution in [-0.2, 0) is 10.0 Å². The van der Waals surface area contributed by atoms with Crippen LogP contribution >= 0.6 is 0 Å². The number of aromatic nitrogens is 1. The summed E-state index contributed by atoms with van der Waals surface area (Å²) < 4.78 is 37.7. The molecule has 26 heavy (non-hydrogen) atoms. The number of hydrogen-bond acceptors (Lipinski definition) is 6. The zero-order chi connectivity index (χ0) is 18.7. The van der Waals surface area contributed by atoms with Crippen molar-refractivity contribution in [1.29, 1.82) is 5.26 Å². The van der Waals surface area contributed by atoms with E-state index in [0.717, 1.165) is 0 Å². The molecular weight excluding hydrogens is 354 g/mol. The van der Waals surface area contributed by atoms with E-state index in [9.17, 15) is 8.42 Å². The zero-order valence-electron chi connectivity index (χ0n) is 14.5. The van der Waals surface area contributed by atoms with Crippen molar-refractivity contribution in [2.24, 2.45) is 0 Å². The van der Waals surface area contributed by atoms with Crippen LogP contribution < -0.4 is 9.47 Å². The molecule has 0 N–H and O–H groups in total. The Morgan fingerprint density at radius 3 is 2.54 bits per heavy atom. The maximum atomic E-state index is 12.6. The molecule has 2 aromatic rings. The average molecular weight is 373 g/mol. The lowest BCUT2D eigenvalue weighted by atomic mass is 10.2. The molecule has 1 fully saturated rings. The Morgan fingerprint density at radius 2 is 1.92 bits per heavy atom. The van der Waals surface area contributed by atoms with E-state index >= 15 is 0 Å². The predicted octanol–water partition coefficient (Wildman–Crippen LogP) is 2.19. The van der Waals surface area contributed by atoms with Crippen molar-refractivity contribution in [3.8, 4) is 17.7 Å². The smallest absolute Gasteiger partial charge is 0.243 e. The van der Waals surface area contributed by atoms with Gasteiger partial charge in [0, 0.05) is 12.3 Å². The summed E-state index contributed by atoms with van der Waals surface area (Å²) in [5.74, 6) is 0.952. The SMILES string of the molecule is CC(C)Oc1ccc(S(=O)(=O)N2CC(Oc3cc(C#N)ccn3)C2)cc1. The average Bonchev–Trinajstić information content (AvgIpc) is 2.57. The summed E-state index contributed by atoms with van der Waals surface area (Å²) in [6.45, 7) is 4.30. The van der Waals surface area contributed by atoms with Crippen molar-refractivity contribution in [3.05, 3.63) is 48.2 Å². The summed E-state index contributed by atoms with van der Waals surface area (Å²) >= 11 is 0. The molecule has 0 amide bonds. The quantitative estimate of drug-likeness (QED) is 0.771. The molecule has 1 saturated heterocycles. The second-order valence-corrected chi connectivity index (χ2v) is 8.13. The van der Waals surface area contributed by atoms with Crippen molar-refractivity contribution in [2.45, 2.75) is 31.0 Å². The number of hydrogen-bond donors (Lipinski definition) is 0. The molecule has 0 radical (unpaired) electrons. The van der Waals surface area contributed by atoms with Crippen LogP contribution in [0.3, 0.4) is 0 Å². The molecule has 1 aliphatic heterocycles. The molecule has 0 bridgehead atoms. The van der Waals surface area contributed by atoms with E-state index in [-0.39, 0.29) is 30.2 Å². The Labute approximate surface area is 152 Å². The molecule has 7 nitrogen and oxygen atoms in total. The normalized spacial score (nSPS) is 15.3. The molecule has 136 valence electrons. The molecule has 0 aliphatic carbocycles. The largest absolute Gasteiger partial charge is 0.491 e. The van der Waals surface area contributed by atoms with Crippen molar-refractivity contribution >= 4 is 10.0 Å². The minimum absolute atomic E-state index is 0.0268. The Bertz CT molecular complexity index is 914. The van der Waals surface area contributed by atoms with Gasteiger partial charge in [0.25, 0.3) is 0 Å². The van der Waals surface area contributed by atoms with Gasteiger partial charge in [-0.25, -0.2) is 13.4 Å². The second kappa shape index (κ2) is 7.32. The number of sulfonamides is 1. The number of rotatable bonds is 6. The summed E-state index contributed by atoms with van der Waals surface area (Å²) in [6, 6.07) is 11.5. The van der Waals surface area contributed by atoms with E-state index in [1.165, 1.54) is 16.6 Å². The highest BCUT2D eigenvalue weighted by Crippen LogP contribution is 2.26. The third kappa shape index (κ3) is 3.95. The lowest BCUT2D eigenvalue weighted by molar-refractivity contribution is 0.0720. The van der Waals surface area contributed by atoms with Gasteiger partial charge < -0.3 is 9.47 Å². The van der Waals surface area contributed by atoms with Crippen LogP contribution in [0.15, 0.2) is 47.5 Å². The molecule has 0 atom stereocenters. The zero-order valence-corrected chi connectivity index (χ0v) is 15.3. The van der Waals surface area contributed by atoms with Crippen LogP contribution in [0, 0.1) is 11.3 Å². The lowest BCUT2D eigenvalue weighted by Crippen LogP contribution is -2.56. The molecule has 0 saturated carbocycles. The van der Waals surface area contributed by atoms with Gasteiger partial charge in [0.2, 0.25) is 15.9 Å². The predicted molar refractivity (Wildman–Crippen MR) is 94.3 cm³/mol. The van der Waals surface area contributed by atoms with Gasteiger partial charge >= 0.3 is 0 Å². The number of benzene rings is 1. The standard InChI is InChI=1S/C18H19N3O4S/c1-13(2)24-15-3-5-17(6-4-15)26(22,23)21-11-16(12-21)25-18-9-14(10-19)7-8-20-18/h3-9,13,16H,11-12H2,1-2H3. The summed E-state index contributed by atoms with van der Waals surface area (Å²) in [6.07, 6.45) is 1.23. The fourth-order valence-electron chi connectivity index (χ4n) is 2.50. The van der Waals surface area contributed by atoms with Gasteiger partial charge in [0.15, 0.2) is 0 Å².